The Morgan fingerprint density at radius 1 is 1.07 bits per heavy atom. The molecule has 2 nitrogen and oxygen atoms in total. The molecule has 2 fully saturated rings. The zero-order valence-corrected chi connectivity index (χ0v) is 9.69. The Kier molecular flexibility index (Phi) is 4.14. The van der Waals surface area contributed by atoms with Crippen LogP contribution in [0.2, 0.25) is 0 Å². The summed E-state index contributed by atoms with van der Waals surface area (Å²) in [6.07, 6.45) is 8.34. The van der Waals surface area contributed by atoms with Crippen LogP contribution in [0.4, 0.5) is 0 Å². The first-order valence-electron chi connectivity index (χ1n) is 5.92. The van der Waals surface area contributed by atoms with Gasteiger partial charge in [0, 0.05) is 6.04 Å². The van der Waals surface area contributed by atoms with Crippen LogP contribution in [-0.4, -0.2) is 17.5 Å². The van der Waals surface area contributed by atoms with Crippen molar-refractivity contribution in [2.75, 3.05) is 11.5 Å². The summed E-state index contributed by atoms with van der Waals surface area (Å²) < 4.78 is 0. The SMILES string of the molecule is NNC(CC1CCSCC1)CC1CC1. The first-order valence-corrected chi connectivity index (χ1v) is 7.08. The van der Waals surface area contributed by atoms with Crippen molar-refractivity contribution in [3.8, 4) is 0 Å². The summed E-state index contributed by atoms with van der Waals surface area (Å²) in [6, 6.07) is 0.593. The summed E-state index contributed by atoms with van der Waals surface area (Å²) in [5.74, 6) is 10.3. The Morgan fingerprint density at radius 2 is 1.64 bits per heavy atom. The number of hydrogen-bond donors (Lipinski definition) is 2. The zero-order chi connectivity index (χ0) is 9.80. The molecule has 2 rings (SSSR count). The van der Waals surface area contributed by atoms with Crippen molar-refractivity contribution < 1.29 is 0 Å². The molecule has 1 heterocycles. The van der Waals surface area contributed by atoms with Crippen molar-refractivity contribution in [3.63, 3.8) is 0 Å². The van der Waals surface area contributed by atoms with Crippen molar-refractivity contribution in [2.24, 2.45) is 17.7 Å². The second kappa shape index (κ2) is 5.38. The smallest absolute Gasteiger partial charge is 0.0215 e. The zero-order valence-electron chi connectivity index (χ0n) is 8.87. The second-order valence-corrected chi connectivity index (χ2v) is 6.06. The lowest BCUT2D eigenvalue weighted by Crippen LogP contribution is -2.37. The van der Waals surface area contributed by atoms with E-state index in [1.165, 1.54) is 50.0 Å². The number of nitrogens with two attached hydrogens (primary N) is 1. The molecule has 0 radical (unpaired) electrons. The van der Waals surface area contributed by atoms with E-state index in [2.05, 4.69) is 17.2 Å². The predicted molar refractivity (Wildman–Crippen MR) is 63.1 cm³/mol. The van der Waals surface area contributed by atoms with Gasteiger partial charge >= 0.3 is 0 Å². The molecule has 82 valence electrons. The molecule has 1 aliphatic carbocycles. The summed E-state index contributed by atoms with van der Waals surface area (Å²) in [7, 11) is 0. The van der Waals surface area contributed by atoms with Crippen LogP contribution in [0, 0.1) is 11.8 Å². The first-order chi connectivity index (χ1) is 6.88. The van der Waals surface area contributed by atoms with Gasteiger partial charge in [-0.2, -0.15) is 11.8 Å². The maximum atomic E-state index is 5.61. The monoisotopic (exact) mass is 214 g/mol. The standard InChI is InChI=1S/C11H22N2S/c12-13-11(7-9-1-2-9)8-10-3-5-14-6-4-10/h9-11,13H,1-8,12H2. The molecule has 0 spiro atoms. The highest BCUT2D eigenvalue weighted by molar-refractivity contribution is 7.99. The van der Waals surface area contributed by atoms with Crippen LogP contribution in [0.15, 0.2) is 0 Å². The van der Waals surface area contributed by atoms with E-state index in [-0.39, 0.29) is 0 Å². The molecule has 0 bridgehead atoms. The lowest BCUT2D eigenvalue weighted by molar-refractivity contribution is 0.344. The maximum Gasteiger partial charge on any atom is 0.0215 e. The van der Waals surface area contributed by atoms with E-state index in [4.69, 9.17) is 5.84 Å². The van der Waals surface area contributed by atoms with Gasteiger partial charge in [-0.1, -0.05) is 12.8 Å². The van der Waals surface area contributed by atoms with E-state index in [0.717, 1.165) is 11.8 Å². The Bertz CT molecular complexity index is 165. The summed E-state index contributed by atoms with van der Waals surface area (Å²) in [5.41, 5.74) is 3.01. The molecule has 1 saturated carbocycles. The Balaban J connectivity index is 1.68. The molecule has 2 aliphatic rings. The highest BCUT2D eigenvalue weighted by atomic mass is 32.2. The van der Waals surface area contributed by atoms with E-state index in [1.807, 2.05) is 0 Å². The van der Waals surface area contributed by atoms with Crippen molar-refractivity contribution in [3.05, 3.63) is 0 Å². The fraction of sp³-hybridized carbons (Fsp3) is 1.00. The molecule has 0 aromatic rings. The molecule has 0 aromatic heterocycles. The Morgan fingerprint density at radius 3 is 2.14 bits per heavy atom. The van der Waals surface area contributed by atoms with Gasteiger partial charge in [-0.15, -0.1) is 0 Å². The fourth-order valence-electron chi connectivity index (χ4n) is 2.37. The summed E-state index contributed by atoms with van der Waals surface area (Å²) in [6.45, 7) is 0. The molecular formula is C11H22N2S. The van der Waals surface area contributed by atoms with Gasteiger partial charge in [0.2, 0.25) is 0 Å². The number of thioether (sulfide) groups is 1. The highest BCUT2D eigenvalue weighted by Gasteiger charge is 2.26. The third-order valence-corrected chi connectivity index (χ3v) is 4.56. The average Bonchev–Trinajstić information content (AvgIpc) is 3.02. The maximum absolute atomic E-state index is 5.61. The second-order valence-electron chi connectivity index (χ2n) is 4.83. The minimum absolute atomic E-state index is 0.593. The topological polar surface area (TPSA) is 38.0 Å². The van der Waals surface area contributed by atoms with E-state index in [0.29, 0.717) is 6.04 Å². The fourth-order valence-corrected chi connectivity index (χ4v) is 3.58. The first kappa shape index (κ1) is 10.8. The third-order valence-electron chi connectivity index (χ3n) is 3.51. The summed E-state index contributed by atoms with van der Waals surface area (Å²) in [5, 5.41) is 0. The lowest BCUT2D eigenvalue weighted by Gasteiger charge is -2.25. The number of rotatable bonds is 5. The third kappa shape index (κ3) is 3.44. The Hall–Kier alpha value is 0.270. The molecule has 3 heteroatoms. The van der Waals surface area contributed by atoms with E-state index < -0.39 is 0 Å². The van der Waals surface area contributed by atoms with Crippen molar-refractivity contribution >= 4 is 11.8 Å². The normalized spacial score (nSPS) is 26.4. The summed E-state index contributed by atoms with van der Waals surface area (Å²) in [4.78, 5) is 0. The molecule has 1 saturated heterocycles. The van der Waals surface area contributed by atoms with Crippen LogP contribution >= 0.6 is 11.8 Å². The highest BCUT2D eigenvalue weighted by Crippen LogP contribution is 2.35. The molecule has 1 unspecified atom stereocenters. The van der Waals surface area contributed by atoms with Crippen molar-refractivity contribution in [2.45, 2.75) is 44.6 Å². The van der Waals surface area contributed by atoms with Gasteiger partial charge in [0.15, 0.2) is 0 Å². The van der Waals surface area contributed by atoms with E-state index >= 15 is 0 Å². The van der Waals surface area contributed by atoms with Crippen LogP contribution in [-0.2, 0) is 0 Å². The lowest BCUT2D eigenvalue weighted by atomic mass is 9.92. The summed E-state index contributed by atoms with van der Waals surface area (Å²) >= 11 is 2.11. The average molecular weight is 214 g/mol. The number of nitrogens with one attached hydrogen (secondary N) is 1. The number of hydrogen-bond acceptors (Lipinski definition) is 3. The van der Waals surface area contributed by atoms with Crippen LogP contribution in [0.3, 0.4) is 0 Å². The van der Waals surface area contributed by atoms with Gasteiger partial charge in [-0.25, -0.2) is 0 Å². The van der Waals surface area contributed by atoms with Crippen molar-refractivity contribution in [1.82, 2.24) is 5.43 Å². The largest absolute Gasteiger partial charge is 0.271 e. The van der Waals surface area contributed by atoms with Gasteiger partial charge in [0.05, 0.1) is 0 Å². The van der Waals surface area contributed by atoms with Gasteiger partial charge < -0.3 is 0 Å². The molecule has 14 heavy (non-hydrogen) atoms. The van der Waals surface area contributed by atoms with Crippen LogP contribution in [0.1, 0.15) is 38.5 Å². The van der Waals surface area contributed by atoms with Crippen LogP contribution in [0.5, 0.6) is 0 Å². The van der Waals surface area contributed by atoms with Gasteiger partial charge in [-0.3, -0.25) is 11.3 Å². The van der Waals surface area contributed by atoms with E-state index in [1.54, 1.807) is 0 Å². The minimum Gasteiger partial charge on any atom is -0.271 e. The molecule has 0 amide bonds. The van der Waals surface area contributed by atoms with Gasteiger partial charge in [-0.05, 0) is 49.0 Å². The molecule has 3 N–H and O–H groups in total. The Labute approximate surface area is 91.4 Å². The van der Waals surface area contributed by atoms with E-state index in [9.17, 15) is 0 Å². The molecule has 0 aromatic carbocycles. The van der Waals surface area contributed by atoms with Crippen molar-refractivity contribution in [1.29, 1.82) is 0 Å². The van der Waals surface area contributed by atoms with Gasteiger partial charge in [0.25, 0.3) is 0 Å². The number of hydrazine groups is 1. The predicted octanol–water partition coefficient (Wildman–Crippen LogP) is 2.15. The molecular weight excluding hydrogens is 192 g/mol. The van der Waals surface area contributed by atoms with Gasteiger partial charge in [0.1, 0.15) is 0 Å². The van der Waals surface area contributed by atoms with Crippen LogP contribution < -0.4 is 11.3 Å². The molecule has 1 atom stereocenters. The minimum atomic E-state index is 0.593. The quantitative estimate of drug-likeness (QED) is 0.544. The molecule has 1 aliphatic heterocycles. The van der Waals surface area contributed by atoms with Crippen LogP contribution in [0.25, 0.3) is 0 Å².